The van der Waals surface area contributed by atoms with Crippen molar-refractivity contribution < 1.29 is 4.74 Å². The third-order valence-electron chi connectivity index (χ3n) is 3.11. The van der Waals surface area contributed by atoms with E-state index in [1.807, 2.05) is 0 Å². The Morgan fingerprint density at radius 1 is 1.28 bits per heavy atom. The standard InChI is InChI=1S/C15H28N2O/c1-4-6-11-18-12-10-17-9-7-15(13-17)14(3)16-8-5-2/h7,9,13-14,16H,4-6,8,10-12H2,1-3H3. The molecule has 1 aromatic rings. The fourth-order valence-electron chi connectivity index (χ4n) is 1.85. The summed E-state index contributed by atoms with van der Waals surface area (Å²) in [6, 6.07) is 2.63. The SMILES string of the molecule is CCCCOCCn1ccc(C(C)NCCC)c1. The third kappa shape index (κ3) is 5.69. The molecule has 104 valence electrons. The smallest absolute Gasteiger partial charge is 0.0645 e. The van der Waals surface area contributed by atoms with Crippen molar-refractivity contribution in [3.05, 3.63) is 24.0 Å². The minimum Gasteiger partial charge on any atom is -0.380 e. The Morgan fingerprint density at radius 2 is 2.11 bits per heavy atom. The van der Waals surface area contributed by atoms with Crippen LogP contribution in [0.5, 0.6) is 0 Å². The molecule has 1 rings (SSSR count). The number of unbranched alkanes of at least 4 members (excludes halogenated alkanes) is 1. The summed E-state index contributed by atoms with van der Waals surface area (Å²) in [5.41, 5.74) is 1.36. The highest BCUT2D eigenvalue weighted by Crippen LogP contribution is 2.12. The number of hydrogen-bond donors (Lipinski definition) is 1. The van der Waals surface area contributed by atoms with Gasteiger partial charge in [0.25, 0.3) is 0 Å². The van der Waals surface area contributed by atoms with Crippen LogP contribution in [0.1, 0.15) is 51.6 Å². The van der Waals surface area contributed by atoms with Crippen LogP contribution in [-0.4, -0.2) is 24.3 Å². The van der Waals surface area contributed by atoms with E-state index in [9.17, 15) is 0 Å². The molecule has 0 aromatic carbocycles. The average molecular weight is 252 g/mol. The molecule has 1 N–H and O–H groups in total. The molecule has 0 aliphatic carbocycles. The van der Waals surface area contributed by atoms with E-state index in [2.05, 4.69) is 49.1 Å². The van der Waals surface area contributed by atoms with Crippen molar-refractivity contribution in [2.75, 3.05) is 19.8 Å². The first-order chi connectivity index (χ1) is 8.77. The fraction of sp³-hybridized carbons (Fsp3) is 0.733. The van der Waals surface area contributed by atoms with Crippen LogP contribution in [-0.2, 0) is 11.3 Å². The van der Waals surface area contributed by atoms with Crippen molar-refractivity contribution in [2.45, 2.75) is 52.6 Å². The van der Waals surface area contributed by atoms with Crippen LogP contribution in [0, 0.1) is 0 Å². The molecular formula is C15H28N2O. The number of nitrogens with one attached hydrogen (secondary N) is 1. The fourth-order valence-corrected chi connectivity index (χ4v) is 1.85. The van der Waals surface area contributed by atoms with Gasteiger partial charge in [0.2, 0.25) is 0 Å². The molecule has 1 atom stereocenters. The predicted molar refractivity (Wildman–Crippen MR) is 76.9 cm³/mol. The van der Waals surface area contributed by atoms with Crippen LogP contribution >= 0.6 is 0 Å². The van der Waals surface area contributed by atoms with Crippen molar-refractivity contribution >= 4 is 0 Å². The minimum absolute atomic E-state index is 0.437. The average Bonchev–Trinajstić information content (AvgIpc) is 2.84. The van der Waals surface area contributed by atoms with Gasteiger partial charge in [-0.05, 0) is 37.9 Å². The van der Waals surface area contributed by atoms with E-state index in [0.29, 0.717) is 6.04 Å². The molecule has 3 heteroatoms. The zero-order chi connectivity index (χ0) is 13.2. The summed E-state index contributed by atoms with van der Waals surface area (Å²) >= 11 is 0. The molecule has 1 aromatic heterocycles. The summed E-state index contributed by atoms with van der Waals surface area (Å²) in [6.45, 7) is 10.3. The molecule has 0 spiro atoms. The summed E-state index contributed by atoms with van der Waals surface area (Å²) < 4.78 is 7.79. The van der Waals surface area contributed by atoms with Gasteiger partial charge < -0.3 is 14.6 Å². The lowest BCUT2D eigenvalue weighted by atomic mass is 10.2. The van der Waals surface area contributed by atoms with Gasteiger partial charge >= 0.3 is 0 Å². The molecule has 1 heterocycles. The van der Waals surface area contributed by atoms with Crippen LogP contribution < -0.4 is 5.32 Å². The van der Waals surface area contributed by atoms with Gasteiger partial charge in [-0.1, -0.05) is 20.3 Å². The van der Waals surface area contributed by atoms with E-state index in [1.165, 1.54) is 18.4 Å². The Labute approximate surface area is 112 Å². The zero-order valence-electron chi connectivity index (χ0n) is 12.1. The minimum atomic E-state index is 0.437. The van der Waals surface area contributed by atoms with E-state index in [-0.39, 0.29) is 0 Å². The van der Waals surface area contributed by atoms with Gasteiger partial charge in [0, 0.05) is 31.6 Å². The van der Waals surface area contributed by atoms with Crippen molar-refractivity contribution in [3.63, 3.8) is 0 Å². The van der Waals surface area contributed by atoms with Crippen molar-refractivity contribution in [3.8, 4) is 0 Å². The quantitative estimate of drug-likeness (QED) is 0.646. The molecule has 0 fully saturated rings. The van der Waals surface area contributed by atoms with Crippen molar-refractivity contribution in [1.29, 1.82) is 0 Å². The zero-order valence-corrected chi connectivity index (χ0v) is 12.1. The third-order valence-corrected chi connectivity index (χ3v) is 3.11. The van der Waals surface area contributed by atoms with Crippen LogP contribution in [0.15, 0.2) is 18.5 Å². The first kappa shape index (κ1) is 15.3. The maximum Gasteiger partial charge on any atom is 0.0645 e. The predicted octanol–water partition coefficient (Wildman–Crippen LogP) is 3.37. The Morgan fingerprint density at radius 3 is 2.83 bits per heavy atom. The molecule has 0 aliphatic heterocycles. The second kappa shape index (κ2) is 9.17. The lowest BCUT2D eigenvalue weighted by Gasteiger charge is -2.11. The summed E-state index contributed by atoms with van der Waals surface area (Å²) in [5.74, 6) is 0. The summed E-state index contributed by atoms with van der Waals surface area (Å²) in [5, 5.41) is 3.50. The van der Waals surface area contributed by atoms with Crippen LogP contribution in [0.25, 0.3) is 0 Å². The largest absolute Gasteiger partial charge is 0.380 e. The molecule has 0 saturated heterocycles. The molecule has 0 aliphatic rings. The summed E-state index contributed by atoms with van der Waals surface area (Å²) in [4.78, 5) is 0. The number of ether oxygens (including phenoxy) is 1. The number of hydrogen-bond acceptors (Lipinski definition) is 2. The highest BCUT2D eigenvalue weighted by molar-refractivity contribution is 5.14. The Bertz CT molecular complexity index is 309. The second-order valence-corrected chi connectivity index (χ2v) is 4.82. The van der Waals surface area contributed by atoms with Crippen LogP contribution in [0.3, 0.4) is 0 Å². The van der Waals surface area contributed by atoms with Gasteiger partial charge in [0.05, 0.1) is 6.61 Å². The van der Waals surface area contributed by atoms with Gasteiger partial charge in [-0.3, -0.25) is 0 Å². The molecule has 0 bridgehead atoms. The van der Waals surface area contributed by atoms with Crippen LogP contribution in [0.2, 0.25) is 0 Å². The molecule has 3 nitrogen and oxygen atoms in total. The highest BCUT2D eigenvalue weighted by atomic mass is 16.5. The second-order valence-electron chi connectivity index (χ2n) is 4.82. The molecule has 18 heavy (non-hydrogen) atoms. The van der Waals surface area contributed by atoms with E-state index in [1.54, 1.807) is 0 Å². The maximum absolute atomic E-state index is 5.58. The van der Waals surface area contributed by atoms with E-state index >= 15 is 0 Å². The number of rotatable bonds is 10. The highest BCUT2D eigenvalue weighted by Gasteiger charge is 2.05. The maximum atomic E-state index is 5.58. The normalized spacial score (nSPS) is 12.8. The van der Waals surface area contributed by atoms with Gasteiger partial charge in [0.1, 0.15) is 0 Å². The molecule has 1 unspecified atom stereocenters. The summed E-state index contributed by atoms with van der Waals surface area (Å²) in [7, 11) is 0. The van der Waals surface area contributed by atoms with Gasteiger partial charge in [-0.15, -0.1) is 0 Å². The summed E-state index contributed by atoms with van der Waals surface area (Å²) in [6.07, 6.45) is 7.90. The van der Waals surface area contributed by atoms with Crippen molar-refractivity contribution in [2.24, 2.45) is 0 Å². The molecule has 0 radical (unpaired) electrons. The lowest BCUT2D eigenvalue weighted by Crippen LogP contribution is -2.18. The van der Waals surface area contributed by atoms with Gasteiger partial charge in [-0.25, -0.2) is 0 Å². The first-order valence-corrected chi connectivity index (χ1v) is 7.24. The molecule has 0 saturated carbocycles. The van der Waals surface area contributed by atoms with E-state index < -0.39 is 0 Å². The lowest BCUT2D eigenvalue weighted by molar-refractivity contribution is 0.123. The Kier molecular flexibility index (Phi) is 7.78. The molecule has 0 amide bonds. The number of aromatic nitrogens is 1. The first-order valence-electron chi connectivity index (χ1n) is 7.24. The topological polar surface area (TPSA) is 26.2 Å². The molecular weight excluding hydrogens is 224 g/mol. The Hall–Kier alpha value is -0.800. The van der Waals surface area contributed by atoms with Gasteiger partial charge in [0.15, 0.2) is 0 Å². The van der Waals surface area contributed by atoms with Gasteiger partial charge in [-0.2, -0.15) is 0 Å². The number of nitrogens with zero attached hydrogens (tertiary/aromatic N) is 1. The van der Waals surface area contributed by atoms with E-state index in [0.717, 1.165) is 32.7 Å². The Balaban J connectivity index is 2.25. The monoisotopic (exact) mass is 252 g/mol. The van der Waals surface area contributed by atoms with Crippen LogP contribution in [0.4, 0.5) is 0 Å². The van der Waals surface area contributed by atoms with E-state index in [4.69, 9.17) is 4.74 Å². The van der Waals surface area contributed by atoms with Crippen molar-refractivity contribution in [1.82, 2.24) is 9.88 Å².